The van der Waals surface area contributed by atoms with Gasteiger partial charge in [-0.3, -0.25) is 10.00 Å². The highest BCUT2D eigenvalue weighted by molar-refractivity contribution is 7.99. The van der Waals surface area contributed by atoms with Crippen molar-refractivity contribution in [3.05, 3.63) is 36.5 Å². The van der Waals surface area contributed by atoms with Gasteiger partial charge in [0.25, 0.3) is 0 Å². The predicted octanol–water partition coefficient (Wildman–Crippen LogP) is 3.32. The number of nitrogens with zero attached hydrogens (tertiary/aromatic N) is 3. The molecule has 0 saturated carbocycles. The van der Waals surface area contributed by atoms with Gasteiger partial charge in [-0.15, -0.1) is 11.8 Å². The van der Waals surface area contributed by atoms with Gasteiger partial charge in [-0.05, 0) is 19.1 Å². The van der Waals surface area contributed by atoms with Crippen molar-refractivity contribution in [3.8, 4) is 6.07 Å². The van der Waals surface area contributed by atoms with E-state index in [0.717, 1.165) is 4.90 Å². The Morgan fingerprint density at radius 2 is 2.18 bits per heavy atom. The molecule has 0 aliphatic heterocycles. The second-order valence-electron chi connectivity index (χ2n) is 4.79. The van der Waals surface area contributed by atoms with Crippen LogP contribution < -0.4 is 10.6 Å². The predicted molar refractivity (Wildman–Crippen MR) is 87.8 cm³/mol. The number of thioether (sulfide) groups is 1. The number of rotatable bonds is 5. The quantitative estimate of drug-likeness (QED) is 0.829. The lowest BCUT2D eigenvalue weighted by Crippen LogP contribution is -2.20. The van der Waals surface area contributed by atoms with Crippen molar-refractivity contribution in [1.29, 1.82) is 5.26 Å². The number of aromatic nitrogens is 2. The van der Waals surface area contributed by atoms with E-state index in [1.165, 1.54) is 0 Å². The molecule has 2 aromatic rings. The molecule has 1 heterocycles. The zero-order valence-electron chi connectivity index (χ0n) is 12.4. The van der Waals surface area contributed by atoms with Crippen molar-refractivity contribution in [2.45, 2.75) is 11.8 Å². The van der Waals surface area contributed by atoms with Crippen LogP contribution in [0.3, 0.4) is 0 Å². The normalized spacial score (nSPS) is 11.5. The minimum absolute atomic E-state index is 0.0413. The van der Waals surface area contributed by atoms with Crippen molar-refractivity contribution in [2.24, 2.45) is 13.0 Å². The molecule has 114 valence electrons. The Kier molecular flexibility index (Phi) is 5.44. The lowest BCUT2D eigenvalue weighted by Gasteiger charge is -2.11. The second kappa shape index (κ2) is 7.52. The Labute approximate surface area is 133 Å². The Balaban J connectivity index is 1.99. The van der Waals surface area contributed by atoms with E-state index in [9.17, 15) is 4.79 Å². The van der Waals surface area contributed by atoms with Crippen LogP contribution in [0.25, 0.3) is 0 Å². The molecule has 0 unspecified atom stereocenters. The minimum Gasteiger partial charge on any atom is -0.307 e. The summed E-state index contributed by atoms with van der Waals surface area (Å²) in [5, 5.41) is 18.4. The van der Waals surface area contributed by atoms with Gasteiger partial charge in [0, 0.05) is 30.0 Å². The smallest absolute Gasteiger partial charge is 0.307 e. The number of amides is 2. The highest BCUT2D eigenvalue weighted by atomic mass is 32.2. The van der Waals surface area contributed by atoms with E-state index in [1.807, 2.05) is 31.2 Å². The van der Waals surface area contributed by atoms with Crippen LogP contribution in [0, 0.1) is 17.2 Å². The highest BCUT2D eigenvalue weighted by Crippen LogP contribution is 2.28. The largest absolute Gasteiger partial charge is 0.324 e. The van der Waals surface area contributed by atoms with Crippen LogP contribution in [0.15, 0.2) is 41.4 Å². The number of benzene rings is 1. The summed E-state index contributed by atoms with van der Waals surface area (Å²) in [7, 11) is 1.78. The maximum Gasteiger partial charge on any atom is 0.324 e. The van der Waals surface area contributed by atoms with Crippen LogP contribution in [0.4, 0.5) is 16.3 Å². The molecule has 6 nitrogen and oxygen atoms in total. The third-order valence-corrected chi connectivity index (χ3v) is 4.13. The van der Waals surface area contributed by atoms with E-state index >= 15 is 0 Å². The van der Waals surface area contributed by atoms with Gasteiger partial charge in [0.05, 0.1) is 17.7 Å². The lowest BCUT2D eigenvalue weighted by molar-refractivity contribution is 0.262. The fourth-order valence-corrected chi connectivity index (χ4v) is 2.65. The van der Waals surface area contributed by atoms with E-state index in [4.69, 9.17) is 5.26 Å². The van der Waals surface area contributed by atoms with Gasteiger partial charge >= 0.3 is 6.03 Å². The van der Waals surface area contributed by atoms with Gasteiger partial charge in [-0.25, -0.2) is 4.79 Å². The van der Waals surface area contributed by atoms with Gasteiger partial charge in [-0.1, -0.05) is 12.1 Å². The molecular weight excluding hydrogens is 298 g/mol. The van der Waals surface area contributed by atoms with Crippen LogP contribution in [0.1, 0.15) is 6.92 Å². The molecular formula is C15H17N5OS. The summed E-state index contributed by atoms with van der Waals surface area (Å²) in [6, 6.07) is 11.1. The maximum atomic E-state index is 12.0. The van der Waals surface area contributed by atoms with Gasteiger partial charge in [-0.2, -0.15) is 10.4 Å². The summed E-state index contributed by atoms with van der Waals surface area (Å²) in [5.41, 5.74) is 0.714. The zero-order valence-corrected chi connectivity index (χ0v) is 13.2. The van der Waals surface area contributed by atoms with Crippen molar-refractivity contribution in [2.75, 3.05) is 16.4 Å². The van der Waals surface area contributed by atoms with E-state index in [2.05, 4.69) is 21.8 Å². The fraction of sp³-hybridized carbons (Fsp3) is 0.267. The molecule has 1 atom stereocenters. The SMILES string of the molecule is C[C@H](C#N)CSc1ccccc1NC(=O)Nc1ccn(C)n1. The standard InChI is InChI=1S/C15H17N5OS/c1-11(9-16)10-22-13-6-4-3-5-12(13)17-15(21)18-14-7-8-20(2)19-14/h3-8,11H,10H2,1-2H3,(H2,17,18,19,21)/t11-/m1/s1. The summed E-state index contributed by atoms with van der Waals surface area (Å²) in [4.78, 5) is 12.9. The first kappa shape index (κ1) is 15.9. The summed E-state index contributed by atoms with van der Waals surface area (Å²) in [6.07, 6.45) is 1.75. The summed E-state index contributed by atoms with van der Waals surface area (Å²) >= 11 is 1.55. The molecule has 7 heteroatoms. The van der Waals surface area contributed by atoms with Crippen molar-refractivity contribution < 1.29 is 4.79 Å². The molecule has 0 bridgehead atoms. The number of carbonyl (C=O) groups excluding carboxylic acids is 1. The molecule has 2 amide bonds. The van der Waals surface area contributed by atoms with Crippen molar-refractivity contribution >= 4 is 29.3 Å². The summed E-state index contributed by atoms with van der Waals surface area (Å²) in [6.45, 7) is 1.87. The average Bonchev–Trinajstić information content (AvgIpc) is 2.90. The number of aryl methyl sites for hydroxylation is 1. The summed E-state index contributed by atoms with van der Waals surface area (Å²) in [5.74, 6) is 1.13. The Morgan fingerprint density at radius 3 is 2.86 bits per heavy atom. The Morgan fingerprint density at radius 1 is 1.41 bits per heavy atom. The molecule has 0 aliphatic carbocycles. The topological polar surface area (TPSA) is 82.7 Å². The third-order valence-electron chi connectivity index (χ3n) is 2.80. The first-order chi connectivity index (χ1) is 10.6. The molecule has 0 saturated heterocycles. The summed E-state index contributed by atoms with van der Waals surface area (Å²) < 4.78 is 1.61. The van der Waals surface area contributed by atoms with E-state index < -0.39 is 0 Å². The third kappa shape index (κ3) is 4.53. The zero-order chi connectivity index (χ0) is 15.9. The maximum absolute atomic E-state index is 12.0. The second-order valence-corrected chi connectivity index (χ2v) is 5.85. The lowest BCUT2D eigenvalue weighted by atomic mass is 10.3. The Hall–Kier alpha value is -2.46. The first-order valence-electron chi connectivity index (χ1n) is 6.77. The number of para-hydroxylation sites is 1. The number of anilines is 2. The Bertz CT molecular complexity index is 691. The van der Waals surface area contributed by atoms with Crippen molar-refractivity contribution in [1.82, 2.24) is 9.78 Å². The number of carbonyl (C=O) groups is 1. The van der Waals surface area contributed by atoms with Gasteiger partial charge in [0.15, 0.2) is 5.82 Å². The van der Waals surface area contributed by atoms with Crippen molar-refractivity contribution in [3.63, 3.8) is 0 Å². The average molecular weight is 315 g/mol. The van der Waals surface area contributed by atoms with Gasteiger partial charge in [0.1, 0.15) is 0 Å². The first-order valence-corrected chi connectivity index (χ1v) is 7.76. The number of nitriles is 1. The van der Waals surface area contributed by atoms with Crippen LogP contribution >= 0.6 is 11.8 Å². The molecule has 22 heavy (non-hydrogen) atoms. The molecule has 0 fully saturated rings. The minimum atomic E-state index is -0.347. The number of nitrogens with one attached hydrogen (secondary N) is 2. The highest BCUT2D eigenvalue weighted by Gasteiger charge is 2.09. The van der Waals surface area contributed by atoms with E-state index in [-0.39, 0.29) is 11.9 Å². The number of urea groups is 1. The molecule has 1 aromatic heterocycles. The molecule has 2 N–H and O–H groups in total. The number of hydrogen-bond acceptors (Lipinski definition) is 4. The van der Waals surface area contributed by atoms with Crippen LogP contribution in [-0.2, 0) is 7.05 Å². The number of hydrogen-bond donors (Lipinski definition) is 2. The van der Waals surface area contributed by atoms with E-state index in [1.54, 1.807) is 35.8 Å². The van der Waals surface area contributed by atoms with Gasteiger partial charge in [0.2, 0.25) is 0 Å². The molecule has 0 radical (unpaired) electrons. The van der Waals surface area contributed by atoms with Crippen LogP contribution in [0.2, 0.25) is 0 Å². The van der Waals surface area contributed by atoms with Crippen LogP contribution in [-0.4, -0.2) is 21.6 Å². The molecule has 1 aromatic carbocycles. The molecule has 0 aliphatic rings. The van der Waals surface area contributed by atoms with Crippen LogP contribution in [0.5, 0.6) is 0 Å². The van der Waals surface area contributed by atoms with Gasteiger partial charge < -0.3 is 5.32 Å². The monoisotopic (exact) mass is 315 g/mol. The fourth-order valence-electron chi connectivity index (χ4n) is 1.70. The van der Waals surface area contributed by atoms with E-state index in [0.29, 0.717) is 17.3 Å². The molecule has 2 rings (SSSR count). The molecule has 0 spiro atoms.